The molecule has 0 bridgehead atoms. The van der Waals surface area contributed by atoms with Crippen LogP contribution in [-0.2, 0) is 0 Å². The van der Waals surface area contributed by atoms with Crippen LogP contribution in [0.15, 0.2) is 36.5 Å². The minimum Gasteiger partial charge on any atom is -0.388 e. The number of hydrogen-bond acceptors (Lipinski definition) is 3. The molecular formula is C17H23N3O2. The second-order valence-corrected chi connectivity index (χ2v) is 6.10. The summed E-state index contributed by atoms with van der Waals surface area (Å²) < 4.78 is 1.69. The minimum atomic E-state index is -0.932. The molecule has 5 heteroatoms. The highest BCUT2D eigenvalue weighted by atomic mass is 16.3. The summed E-state index contributed by atoms with van der Waals surface area (Å²) >= 11 is 0. The van der Waals surface area contributed by atoms with Crippen molar-refractivity contribution in [2.45, 2.75) is 33.3 Å². The molecule has 1 amide bonds. The third kappa shape index (κ3) is 3.54. The Morgan fingerprint density at radius 3 is 2.59 bits per heavy atom. The predicted molar refractivity (Wildman–Crippen MR) is 86.1 cm³/mol. The highest BCUT2D eigenvalue weighted by molar-refractivity contribution is 5.95. The predicted octanol–water partition coefficient (Wildman–Crippen LogP) is 2.32. The molecular weight excluding hydrogens is 278 g/mol. The zero-order valence-electron chi connectivity index (χ0n) is 13.5. The first kappa shape index (κ1) is 16.2. The first-order valence-electron chi connectivity index (χ1n) is 7.43. The van der Waals surface area contributed by atoms with Crippen LogP contribution >= 0.6 is 0 Å². The van der Waals surface area contributed by atoms with Crippen LogP contribution < -0.4 is 5.32 Å². The summed E-state index contributed by atoms with van der Waals surface area (Å²) in [6.07, 6.45) is 1.71. The Morgan fingerprint density at radius 2 is 2.00 bits per heavy atom. The molecule has 0 aliphatic rings. The van der Waals surface area contributed by atoms with E-state index in [-0.39, 0.29) is 18.4 Å². The van der Waals surface area contributed by atoms with Gasteiger partial charge in [0, 0.05) is 12.7 Å². The molecule has 118 valence electrons. The molecule has 2 N–H and O–H groups in total. The van der Waals surface area contributed by atoms with Gasteiger partial charge in [0.05, 0.1) is 22.5 Å². The lowest BCUT2D eigenvalue weighted by molar-refractivity contribution is 0.0142. The summed E-state index contributed by atoms with van der Waals surface area (Å²) in [5.41, 5.74) is 1.15. The summed E-state index contributed by atoms with van der Waals surface area (Å²) in [7, 11) is 0. The summed E-state index contributed by atoms with van der Waals surface area (Å²) in [6.45, 7) is 7.57. The lowest BCUT2D eigenvalue weighted by Gasteiger charge is -2.27. The van der Waals surface area contributed by atoms with Gasteiger partial charge in [-0.25, -0.2) is 4.68 Å². The number of amides is 1. The number of carbonyl (C=O) groups excluding carboxylic acids is 1. The lowest BCUT2D eigenvalue weighted by Crippen LogP contribution is -2.44. The van der Waals surface area contributed by atoms with Crippen LogP contribution in [0.4, 0.5) is 0 Å². The van der Waals surface area contributed by atoms with Crippen molar-refractivity contribution in [1.29, 1.82) is 0 Å². The van der Waals surface area contributed by atoms with Gasteiger partial charge < -0.3 is 10.4 Å². The average molecular weight is 301 g/mol. The molecule has 5 nitrogen and oxygen atoms in total. The molecule has 0 fully saturated rings. The third-order valence-electron chi connectivity index (χ3n) is 4.01. The molecule has 0 aliphatic heterocycles. The van der Waals surface area contributed by atoms with Crippen molar-refractivity contribution in [3.05, 3.63) is 47.8 Å². The van der Waals surface area contributed by atoms with E-state index in [1.807, 2.05) is 44.2 Å². The number of aryl methyl sites for hydroxylation is 1. The SMILES string of the molecule is Cc1nn(-c2ccccc2)cc1C(=O)NCC(C)(O)C(C)C. The molecule has 0 radical (unpaired) electrons. The van der Waals surface area contributed by atoms with Crippen molar-refractivity contribution in [2.75, 3.05) is 6.54 Å². The molecule has 2 aromatic rings. The first-order chi connectivity index (χ1) is 10.3. The Kier molecular flexibility index (Phi) is 4.66. The molecule has 22 heavy (non-hydrogen) atoms. The second-order valence-electron chi connectivity index (χ2n) is 6.10. The number of hydrogen-bond donors (Lipinski definition) is 2. The molecule has 0 aliphatic carbocycles. The average Bonchev–Trinajstić information content (AvgIpc) is 2.88. The van der Waals surface area contributed by atoms with Crippen LogP contribution in [0.3, 0.4) is 0 Å². The van der Waals surface area contributed by atoms with Crippen molar-refractivity contribution >= 4 is 5.91 Å². The van der Waals surface area contributed by atoms with Gasteiger partial charge in [-0.3, -0.25) is 4.79 Å². The van der Waals surface area contributed by atoms with Gasteiger partial charge in [-0.2, -0.15) is 5.10 Å². The van der Waals surface area contributed by atoms with Crippen LogP contribution in [0.5, 0.6) is 0 Å². The zero-order valence-corrected chi connectivity index (χ0v) is 13.5. The van der Waals surface area contributed by atoms with Gasteiger partial charge in [0.25, 0.3) is 5.91 Å². The Hall–Kier alpha value is -2.14. The first-order valence-corrected chi connectivity index (χ1v) is 7.43. The number of carbonyl (C=O) groups is 1. The molecule has 0 saturated carbocycles. The summed E-state index contributed by atoms with van der Waals surface area (Å²) in [6, 6.07) is 9.63. The molecule has 1 atom stereocenters. The minimum absolute atomic E-state index is 0.0564. The molecule has 1 aromatic heterocycles. The number of nitrogens with zero attached hydrogens (tertiary/aromatic N) is 2. The number of para-hydroxylation sites is 1. The van der Waals surface area contributed by atoms with E-state index < -0.39 is 5.60 Å². The third-order valence-corrected chi connectivity index (χ3v) is 4.01. The maximum absolute atomic E-state index is 12.3. The van der Waals surface area contributed by atoms with Crippen LogP contribution in [0.2, 0.25) is 0 Å². The van der Waals surface area contributed by atoms with Gasteiger partial charge in [0.15, 0.2) is 0 Å². The fraction of sp³-hybridized carbons (Fsp3) is 0.412. The standard InChI is InChI=1S/C17H23N3O2/c1-12(2)17(4,22)11-18-16(21)15-10-20(19-13(15)3)14-8-6-5-7-9-14/h5-10,12,22H,11H2,1-4H3,(H,18,21). The normalized spacial score (nSPS) is 13.9. The van der Waals surface area contributed by atoms with Gasteiger partial charge in [-0.05, 0) is 31.9 Å². The van der Waals surface area contributed by atoms with Gasteiger partial charge >= 0.3 is 0 Å². The van der Waals surface area contributed by atoms with E-state index in [0.29, 0.717) is 11.3 Å². The summed E-state index contributed by atoms with van der Waals surface area (Å²) in [5, 5.41) is 17.4. The maximum atomic E-state index is 12.3. The number of rotatable bonds is 5. The van der Waals surface area contributed by atoms with Crippen molar-refractivity contribution in [1.82, 2.24) is 15.1 Å². The number of aliphatic hydroxyl groups is 1. The number of aromatic nitrogens is 2. The Labute approximate surface area is 131 Å². The van der Waals surface area contributed by atoms with Crippen molar-refractivity contribution in [3.8, 4) is 5.69 Å². The van der Waals surface area contributed by atoms with Crippen LogP contribution in [0.1, 0.15) is 36.8 Å². The van der Waals surface area contributed by atoms with Crippen LogP contribution in [0.25, 0.3) is 5.69 Å². The fourth-order valence-corrected chi connectivity index (χ4v) is 1.95. The molecule has 0 spiro atoms. The molecule has 0 saturated heterocycles. The molecule has 1 aromatic carbocycles. The van der Waals surface area contributed by atoms with E-state index in [1.54, 1.807) is 24.7 Å². The van der Waals surface area contributed by atoms with Crippen molar-refractivity contribution in [2.24, 2.45) is 5.92 Å². The van der Waals surface area contributed by atoms with Crippen molar-refractivity contribution in [3.63, 3.8) is 0 Å². The Morgan fingerprint density at radius 1 is 1.36 bits per heavy atom. The van der Waals surface area contributed by atoms with E-state index >= 15 is 0 Å². The Balaban J connectivity index is 2.13. The fourth-order valence-electron chi connectivity index (χ4n) is 1.95. The highest BCUT2D eigenvalue weighted by Gasteiger charge is 2.26. The summed E-state index contributed by atoms with van der Waals surface area (Å²) in [4.78, 5) is 12.3. The maximum Gasteiger partial charge on any atom is 0.254 e. The Bertz CT molecular complexity index is 645. The van der Waals surface area contributed by atoms with Gasteiger partial charge in [0.1, 0.15) is 0 Å². The van der Waals surface area contributed by atoms with Crippen LogP contribution in [0, 0.1) is 12.8 Å². The topological polar surface area (TPSA) is 67.2 Å². The second kappa shape index (κ2) is 6.32. The molecule has 2 rings (SSSR count). The van der Waals surface area contributed by atoms with Crippen molar-refractivity contribution < 1.29 is 9.90 Å². The molecule has 1 unspecified atom stereocenters. The highest BCUT2D eigenvalue weighted by Crippen LogP contribution is 2.16. The van der Waals surface area contributed by atoms with Crippen LogP contribution in [-0.4, -0.2) is 32.9 Å². The molecule has 1 heterocycles. The van der Waals surface area contributed by atoms with Gasteiger partial charge in [-0.1, -0.05) is 32.0 Å². The van der Waals surface area contributed by atoms with E-state index in [0.717, 1.165) is 5.69 Å². The monoisotopic (exact) mass is 301 g/mol. The van der Waals surface area contributed by atoms with Gasteiger partial charge in [0.2, 0.25) is 0 Å². The van der Waals surface area contributed by atoms with E-state index in [1.165, 1.54) is 0 Å². The van der Waals surface area contributed by atoms with Gasteiger partial charge in [-0.15, -0.1) is 0 Å². The smallest absolute Gasteiger partial charge is 0.254 e. The lowest BCUT2D eigenvalue weighted by atomic mass is 9.92. The number of nitrogens with one attached hydrogen (secondary N) is 1. The quantitative estimate of drug-likeness (QED) is 0.890. The van der Waals surface area contributed by atoms with E-state index in [9.17, 15) is 9.90 Å². The van der Waals surface area contributed by atoms with E-state index in [4.69, 9.17) is 0 Å². The summed E-state index contributed by atoms with van der Waals surface area (Å²) in [5.74, 6) is -0.165. The zero-order chi connectivity index (χ0) is 16.3. The number of benzene rings is 1. The largest absolute Gasteiger partial charge is 0.388 e. The van der Waals surface area contributed by atoms with E-state index in [2.05, 4.69) is 10.4 Å².